The van der Waals surface area contributed by atoms with Crippen molar-refractivity contribution in [1.29, 1.82) is 5.26 Å². The molecule has 2 heterocycles. The van der Waals surface area contributed by atoms with Crippen molar-refractivity contribution in [3.05, 3.63) is 69.6 Å². The number of amidine groups is 1. The van der Waals surface area contributed by atoms with Crippen LogP contribution in [0.3, 0.4) is 0 Å². The van der Waals surface area contributed by atoms with Gasteiger partial charge in [0, 0.05) is 12.6 Å². The van der Waals surface area contributed by atoms with E-state index in [4.69, 9.17) is 33.5 Å². The molecule has 0 fully saturated rings. The summed E-state index contributed by atoms with van der Waals surface area (Å²) in [6, 6.07) is 12.8. The molecule has 0 unspecified atom stereocenters. The Labute approximate surface area is 194 Å². The summed E-state index contributed by atoms with van der Waals surface area (Å²) in [4.78, 5) is 4.71. The number of halogens is 3. The van der Waals surface area contributed by atoms with Crippen LogP contribution in [0, 0.1) is 24.1 Å². The van der Waals surface area contributed by atoms with Crippen molar-refractivity contribution in [3.8, 4) is 6.07 Å². The van der Waals surface area contributed by atoms with Gasteiger partial charge in [-0.1, -0.05) is 29.3 Å². The highest BCUT2D eigenvalue weighted by Gasteiger charge is 2.43. The van der Waals surface area contributed by atoms with E-state index in [1.54, 1.807) is 49.0 Å². The monoisotopic (exact) mass is 490 g/mol. The minimum atomic E-state index is -3.63. The van der Waals surface area contributed by atoms with E-state index in [0.29, 0.717) is 43.9 Å². The van der Waals surface area contributed by atoms with Crippen molar-refractivity contribution in [2.45, 2.75) is 19.9 Å². The molecule has 1 aliphatic heterocycles. The largest absolute Gasteiger partial charge is 0.314 e. The molecule has 1 N–H and O–H groups in total. The van der Waals surface area contributed by atoms with Gasteiger partial charge in [0.1, 0.15) is 17.0 Å². The van der Waals surface area contributed by atoms with Gasteiger partial charge in [-0.05, 0) is 43.3 Å². The zero-order valence-electron chi connectivity index (χ0n) is 17.2. The number of aliphatic imine (C=N–C) groups is 1. The summed E-state index contributed by atoms with van der Waals surface area (Å²) in [7, 11) is -1.99. The molecule has 1 atom stereocenters. The molecule has 32 heavy (non-hydrogen) atoms. The van der Waals surface area contributed by atoms with Gasteiger partial charge < -0.3 is 5.09 Å². The number of hydrogen-bond acceptors (Lipinski definition) is 4. The molecule has 7 nitrogen and oxygen atoms in total. The van der Waals surface area contributed by atoms with Crippen LogP contribution in [0.5, 0.6) is 0 Å². The second-order valence-corrected chi connectivity index (χ2v) is 10.4. The molecule has 0 amide bonds. The Balaban J connectivity index is 1.94. The number of benzene rings is 2. The maximum atomic E-state index is 14.6. The molecule has 0 spiro atoms. The highest BCUT2D eigenvalue weighted by molar-refractivity contribution is 7.72. The Morgan fingerprint density at radius 2 is 1.84 bits per heavy atom. The normalized spacial score (nSPS) is 17.5. The smallest absolute Gasteiger partial charge is 0.296 e. The van der Waals surface area contributed by atoms with Crippen LogP contribution < -0.4 is 10.4 Å². The van der Waals surface area contributed by atoms with Crippen LogP contribution >= 0.6 is 30.6 Å². The van der Waals surface area contributed by atoms with Crippen molar-refractivity contribution >= 4 is 53.3 Å². The maximum absolute atomic E-state index is 14.6. The predicted octanol–water partition coefficient (Wildman–Crippen LogP) is 5.51. The van der Waals surface area contributed by atoms with Crippen molar-refractivity contribution < 1.29 is 8.96 Å². The average Bonchev–Trinajstić information content (AvgIpc) is 3.08. The first-order valence-corrected chi connectivity index (χ1v) is 12.0. The van der Waals surface area contributed by atoms with Gasteiger partial charge in [0.05, 0.1) is 40.5 Å². The molecule has 164 valence electrons. The SMILES string of the molecule is Cc1nn(CCC#N)c2c1[P@](=O)(Nc1c(Cl)cccc1Cl)N(C)C(c1ccc(F)cc1)=N2. The molecule has 4 rings (SSSR count). The molecule has 3 aromatic rings. The van der Waals surface area contributed by atoms with Gasteiger partial charge in [-0.2, -0.15) is 10.4 Å². The van der Waals surface area contributed by atoms with Crippen molar-refractivity contribution in [2.75, 3.05) is 12.1 Å². The molecule has 0 saturated carbocycles. The quantitative estimate of drug-likeness (QED) is 0.476. The number of nitrogens with one attached hydrogen (secondary N) is 1. The van der Waals surface area contributed by atoms with E-state index >= 15 is 0 Å². The summed E-state index contributed by atoms with van der Waals surface area (Å²) in [5.41, 5.74) is 1.39. The first-order chi connectivity index (χ1) is 15.3. The third-order valence-electron chi connectivity index (χ3n) is 5.08. The minimum Gasteiger partial charge on any atom is -0.314 e. The van der Waals surface area contributed by atoms with E-state index < -0.39 is 13.3 Å². The van der Waals surface area contributed by atoms with Gasteiger partial charge in [0.15, 0.2) is 5.82 Å². The maximum Gasteiger partial charge on any atom is 0.296 e. The molecule has 0 aliphatic carbocycles. The fourth-order valence-electron chi connectivity index (χ4n) is 3.53. The minimum absolute atomic E-state index is 0.207. The number of fused-ring (bicyclic) bond motifs is 1. The molecule has 11 heteroatoms. The molecule has 0 radical (unpaired) electrons. The Morgan fingerprint density at radius 3 is 2.47 bits per heavy atom. The van der Waals surface area contributed by atoms with Gasteiger partial charge in [0.25, 0.3) is 7.44 Å². The summed E-state index contributed by atoms with van der Waals surface area (Å²) in [5.74, 6) is 0.330. The lowest BCUT2D eigenvalue weighted by Crippen LogP contribution is -2.36. The predicted molar refractivity (Wildman–Crippen MR) is 125 cm³/mol. The van der Waals surface area contributed by atoms with Crippen LogP contribution in [0.15, 0.2) is 47.5 Å². The molecule has 2 aromatic carbocycles. The standard InChI is InChI=1S/C21H18Cl2FN6OP/c1-13-19-21(30(27-13)12-4-11-25)26-20(14-7-9-15(24)10-8-14)29(2)32(19,31)28-18-16(22)5-3-6-17(18)23/h3,5-10H,4,12H2,1-2H3,(H,28,31)/t32-/m0/s1. The summed E-state index contributed by atoms with van der Waals surface area (Å²) >= 11 is 12.7. The van der Waals surface area contributed by atoms with Crippen LogP contribution in [-0.2, 0) is 11.1 Å². The third kappa shape index (κ3) is 3.77. The zero-order valence-corrected chi connectivity index (χ0v) is 19.6. The number of aryl methyl sites for hydroxylation is 2. The molecular weight excluding hydrogens is 473 g/mol. The van der Waals surface area contributed by atoms with E-state index in [-0.39, 0.29) is 13.0 Å². The van der Waals surface area contributed by atoms with Crippen molar-refractivity contribution in [2.24, 2.45) is 4.99 Å². The average molecular weight is 491 g/mol. The number of anilines is 1. The summed E-state index contributed by atoms with van der Waals surface area (Å²) < 4.78 is 31.3. The topological polar surface area (TPSA) is 86.3 Å². The fourth-order valence-corrected chi connectivity index (χ4v) is 6.61. The Kier molecular flexibility index (Phi) is 6.00. The third-order valence-corrected chi connectivity index (χ3v) is 8.40. The van der Waals surface area contributed by atoms with E-state index in [1.807, 2.05) is 0 Å². The molecule has 0 saturated heterocycles. The second kappa shape index (κ2) is 8.59. The van der Waals surface area contributed by atoms with Crippen LogP contribution in [0.25, 0.3) is 0 Å². The van der Waals surface area contributed by atoms with E-state index in [1.165, 1.54) is 16.8 Å². The Morgan fingerprint density at radius 1 is 1.19 bits per heavy atom. The zero-order chi connectivity index (χ0) is 23.0. The summed E-state index contributed by atoms with van der Waals surface area (Å²) in [5, 5.41) is 17.6. The lowest BCUT2D eigenvalue weighted by Gasteiger charge is -2.35. The van der Waals surface area contributed by atoms with Crippen molar-refractivity contribution in [1.82, 2.24) is 14.5 Å². The summed E-state index contributed by atoms with van der Waals surface area (Å²) in [6.45, 7) is 2.01. The van der Waals surface area contributed by atoms with Gasteiger partial charge in [-0.15, -0.1) is 0 Å². The lowest BCUT2D eigenvalue weighted by molar-refractivity contribution is 0.553. The number of nitrogens with zero attached hydrogens (tertiary/aromatic N) is 5. The molecule has 1 aliphatic rings. The van der Waals surface area contributed by atoms with Gasteiger partial charge >= 0.3 is 0 Å². The number of hydrogen-bond donors (Lipinski definition) is 1. The van der Waals surface area contributed by atoms with E-state index in [9.17, 15) is 8.96 Å². The van der Waals surface area contributed by atoms with Crippen LogP contribution in [0.1, 0.15) is 17.7 Å². The van der Waals surface area contributed by atoms with Crippen LogP contribution in [0.2, 0.25) is 10.0 Å². The molecular formula is C21H18Cl2FN6OP. The Hall–Kier alpha value is -2.85. The number of para-hydroxylation sites is 1. The number of nitriles is 1. The Bertz CT molecular complexity index is 1290. The van der Waals surface area contributed by atoms with Gasteiger partial charge in [0.2, 0.25) is 0 Å². The molecule has 1 aromatic heterocycles. The van der Waals surface area contributed by atoms with E-state index in [2.05, 4.69) is 16.3 Å². The van der Waals surface area contributed by atoms with E-state index in [0.717, 1.165) is 0 Å². The second-order valence-electron chi connectivity index (χ2n) is 7.14. The summed E-state index contributed by atoms with van der Waals surface area (Å²) in [6.07, 6.45) is 0.207. The highest BCUT2D eigenvalue weighted by atomic mass is 35.5. The number of rotatable bonds is 5. The first kappa shape index (κ1) is 22.3. The highest BCUT2D eigenvalue weighted by Crippen LogP contribution is 2.55. The van der Waals surface area contributed by atoms with Crippen LogP contribution in [0.4, 0.5) is 15.9 Å². The lowest BCUT2D eigenvalue weighted by atomic mass is 10.2. The number of aromatic nitrogens is 2. The van der Waals surface area contributed by atoms with Gasteiger partial charge in [-0.3, -0.25) is 9.24 Å². The van der Waals surface area contributed by atoms with Crippen molar-refractivity contribution in [3.63, 3.8) is 0 Å². The molecule has 0 bridgehead atoms. The van der Waals surface area contributed by atoms with Crippen LogP contribution in [-0.4, -0.2) is 27.3 Å². The fraction of sp³-hybridized carbons (Fsp3) is 0.190. The first-order valence-electron chi connectivity index (χ1n) is 9.62. The van der Waals surface area contributed by atoms with Gasteiger partial charge in [-0.25, -0.2) is 14.1 Å².